The molecule has 0 saturated carbocycles. The molecule has 69 heavy (non-hydrogen) atoms. The number of unbranched alkanes of at least 4 members (excludes halogenated alkanes) is 33. The number of ether oxygens (including phenoxy) is 3. The van der Waals surface area contributed by atoms with Crippen LogP contribution in [0.25, 0.3) is 0 Å². The van der Waals surface area contributed by atoms with Gasteiger partial charge in [0, 0.05) is 19.3 Å². The minimum atomic E-state index is -0.785. The molecule has 0 bridgehead atoms. The molecule has 0 aromatic carbocycles. The highest BCUT2D eigenvalue weighted by Gasteiger charge is 2.19. The second kappa shape index (κ2) is 57.7. The van der Waals surface area contributed by atoms with E-state index in [1.807, 2.05) is 0 Å². The van der Waals surface area contributed by atoms with Gasteiger partial charge in [-0.1, -0.05) is 261 Å². The lowest BCUT2D eigenvalue weighted by molar-refractivity contribution is -0.167. The molecule has 6 nitrogen and oxygen atoms in total. The number of carbonyl (C=O) groups is 3. The zero-order valence-electron chi connectivity index (χ0n) is 45.8. The first kappa shape index (κ1) is 66.1. The normalized spacial score (nSPS) is 12.4. The summed E-state index contributed by atoms with van der Waals surface area (Å²) in [5.74, 6) is -0.895. The Morgan fingerprint density at radius 1 is 0.304 bits per heavy atom. The van der Waals surface area contributed by atoms with E-state index < -0.39 is 6.10 Å². The Morgan fingerprint density at radius 3 is 0.899 bits per heavy atom. The van der Waals surface area contributed by atoms with Gasteiger partial charge >= 0.3 is 17.9 Å². The Hall–Kier alpha value is -2.89. The molecule has 0 aromatic rings. The summed E-state index contributed by atoms with van der Waals surface area (Å²) in [6.07, 6.45) is 72.1. The third kappa shape index (κ3) is 55.9. The molecule has 0 heterocycles. The van der Waals surface area contributed by atoms with Crippen LogP contribution < -0.4 is 0 Å². The van der Waals surface area contributed by atoms with E-state index in [1.54, 1.807) is 0 Å². The van der Waals surface area contributed by atoms with Gasteiger partial charge in [0.1, 0.15) is 13.2 Å². The quantitative estimate of drug-likeness (QED) is 0.0262. The van der Waals surface area contributed by atoms with Crippen LogP contribution in [0.3, 0.4) is 0 Å². The summed E-state index contributed by atoms with van der Waals surface area (Å²) in [7, 11) is 0. The summed E-state index contributed by atoms with van der Waals surface area (Å²) in [6, 6.07) is 0. The van der Waals surface area contributed by atoms with Crippen LogP contribution >= 0.6 is 0 Å². The Kier molecular flexibility index (Phi) is 55.3. The molecule has 0 N–H and O–H groups in total. The lowest BCUT2D eigenvalue weighted by Gasteiger charge is -2.18. The third-order valence-corrected chi connectivity index (χ3v) is 13.0. The van der Waals surface area contributed by atoms with Crippen LogP contribution in [0.5, 0.6) is 0 Å². The van der Waals surface area contributed by atoms with E-state index in [0.717, 1.165) is 96.3 Å². The number of esters is 3. The lowest BCUT2D eigenvalue weighted by Crippen LogP contribution is -2.30. The number of allylic oxidation sites excluding steroid dienone is 10. The standard InChI is InChI=1S/C63H112O6/c1-4-7-10-13-16-19-22-25-28-31-34-37-40-43-46-49-52-55-61(64)67-58-60(69-63(66)57-54-51-48-45-42-39-36-33-30-27-24-21-18-15-12-9-6-3)59-68-62(65)56-53-50-47-44-41-38-35-32-29-26-23-20-17-14-11-8-5-2/h7,10,16,19,25,27-28,30,34,37,60H,4-6,8-9,11-15,17-18,20-24,26,29,31-33,35-36,38-59H2,1-3H3/b10-7-,19-16-,28-25-,30-27-,37-34-. The summed E-state index contributed by atoms with van der Waals surface area (Å²) in [5, 5.41) is 0. The maximum atomic E-state index is 12.9. The molecule has 0 amide bonds. The van der Waals surface area contributed by atoms with Crippen molar-refractivity contribution in [1.29, 1.82) is 0 Å². The van der Waals surface area contributed by atoms with E-state index >= 15 is 0 Å². The minimum Gasteiger partial charge on any atom is -0.462 e. The molecule has 0 aromatic heterocycles. The van der Waals surface area contributed by atoms with Crippen molar-refractivity contribution in [1.82, 2.24) is 0 Å². The number of rotatable bonds is 54. The van der Waals surface area contributed by atoms with Gasteiger partial charge in [0.2, 0.25) is 0 Å². The molecular formula is C63H112O6. The van der Waals surface area contributed by atoms with Crippen LogP contribution in [0.2, 0.25) is 0 Å². The Labute approximate surface area is 428 Å². The fraction of sp³-hybridized carbons (Fsp3) is 0.794. The molecule has 0 spiro atoms. The van der Waals surface area contributed by atoms with Crippen LogP contribution in [0.15, 0.2) is 60.8 Å². The largest absolute Gasteiger partial charge is 0.462 e. The van der Waals surface area contributed by atoms with Crippen molar-refractivity contribution in [2.45, 2.75) is 309 Å². The SMILES string of the molecule is CC/C=C\C/C=C\C/C=C\C/C=C\CCCCCCC(=O)OCC(COC(=O)CCCCCCCCCCCCCCCCCCC)OC(=O)CCCCCCCCC/C=C\CCCCCCCC. The Morgan fingerprint density at radius 2 is 0.565 bits per heavy atom. The van der Waals surface area contributed by atoms with Crippen LogP contribution in [0, 0.1) is 0 Å². The van der Waals surface area contributed by atoms with E-state index in [4.69, 9.17) is 14.2 Å². The minimum absolute atomic E-state index is 0.0810. The highest BCUT2D eigenvalue weighted by molar-refractivity contribution is 5.71. The van der Waals surface area contributed by atoms with Crippen LogP contribution in [-0.2, 0) is 28.6 Å². The van der Waals surface area contributed by atoms with Gasteiger partial charge < -0.3 is 14.2 Å². The number of carbonyl (C=O) groups excluding carboxylic acids is 3. The van der Waals surface area contributed by atoms with Crippen LogP contribution in [-0.4, -0.2) is 37.2 Å². The fourth-order valence-electron chi connectivity index (χ4n) is 8.55. The van der Waals surface area contributed by atoms with E-state index in [0.29, 0.717) is 19.3 Å². The second-order valence-electron chi connectivity index (χ2n) is 19.9. The summed E-state index contributed by atoms with van der Waals surface area (Å²) in [6.45, 7) is 6.54. The van der Waals surface area contributed by atoms with Gasteiger partial charge in [0.25, 0.3) is 0 Å². The van der Waals surface area contributed by atoms with Crippen molar-refractivity contribution < 1.29 is 28.6 Å². The maximum absolute atomic E-state index is 12.9. The predicted octanol–water partition coefficient (Wildman–Crippen LogP) is 20.0. The molecule has 0 rings (SSSR count). The highest BCUT2D eigenvalue weighted by Crippen LogP contribution is 2.16. The van der Waals surface area contributed by atoms with E-state index in [1.165, 1.54) is 167 Å². The molecule has 0 radical (unpaired) electrons. The molecule has 0 fully saturated rings. The van der Waals surface area contributed by atoms with Gasteiger partial charge in [-0.05, 0) is 83.5 Å². The first-order valence-corrected chi connectivity index (χ1v) is 29.8. The van der Waals surface area contributed by atoms with E-state index in [9.17, 15) is 14.4 Å². The van der Waals surface area contributed by atoms with Gasteiger partial charge in [0.05, 0.1) is 0 Å². The number of hydrogen-bond donors (Lipinski definition) is 0. The van der Waals surface area contributed by atoms with Crippen molar-refractivity contribution in [3.05, 3.63) is 60.8 Å². The van der Waals surface area contributed by atoms with Gasteiger partial charge in [-0.2, -0.15) is 0 Å². The van der Waals surface area contributed by atoms with Crippen molar-refractivity contribution >= 4 is 17.9 Å². The smallest absolute Gasteiger partial charge is 0.306 e. The maximum Gasteiger partial charge on any atom is 0.306 e. The van der Waals surface area contributed by atoms with Crippen molar-refractivity contribution in [3.8, 4) is 0 Å². The molecule has 0 aliphatic heterocycles. The average molecular weight is 966 g/mol. The molecule has 1 atom stereocenters. The predicted molar refractivity (Wildman–Crippen MR) is 298 cm³/mol. The van der Waals surface area contributed by atoms with Gasteiger partial charge in [-0.3, -0.25) is 14.4 Å². The first-order chi connectivity index (χ1) is 34.0. The van der Waals surface area contributed by atoms with Crippen LogP contribution in [0.1, 0.15) is 303 Å². The van der Waals surface area contributed by atoms with Gasteiger partial charge in [-0.15, -0.1) is 0 Å². The van der Waals surface area contributed by atoms with E-state index in [2.05, 4.69) is 81.5 Å². The summed E-state index contributed by atoms with van der Waals surface area (Å²) < 4.78 is 16.9. The summed E-state index contributed by atoms with van der Waals surface area (Å²) in [4.78, 5) is 38.2. The van der Waals surface area contributed by atoms with Crippen molar-refractivity contribution in [2.24, 2.45) is 0 Å². The Balaban J connectivity index is 4.40. The zero-order chi connectivity index (χ0) is 50.0. The summed E-state index contributed by atoms with van der Waals surface area (Å²) in [5.41, 5.74) is 0. The highest BCUT2D eigenvalue weighted by atomic mass is 16.6. The molecule has 1 unspecified atom stereocenters. The summed E-state index contributed by atoms with van der Waals surface area (Å²) >= 11 is 0. The molecule has 400 valence electrons. The fourth-order valence-corrected chi connectivity index (χ4v) is 8.55. The average Bonchev–Trinajstić information content (AvgIpc) is 3.35. The molecular weight excluding hydrogens is 853 g/mol. The van der Waals surface area contributed by atoms with E-state index in [-0.39, 0.29) is 31.1 Å². The topological polar surface area (TPSA) is 78.9 Å². The molecule has 0 aliphatic rings. The van der Waals surface area contributed by atoms with Crippen molar-refractivity contribution in [2.75, 3.05) is 13.2 Å². The molecule has 0 saturated heterocycles. The second-order valence-corrected chi connectivity index (χ2v) is 19.9. The first-order valence-electron chi connectivity index (χ1n) is 29.8. The van der Waals surface area contributed by atoms with Gasteiger partial charge in [-0.25, -0.2) is 0 Å². The molecule has 0 aliphatic carbocycles. The monoisotopic (exact) mass is 965 g/mol. The third-order valence-electron chi connectivity index (χ3n) is 13.0. The number of hydrogen-bond acceptors (Lipinski definition) is 6. The lowest BCUT2D eigenvalue weighted by atomic mass is 10.0. The van der Waals surface area contributed by atoms with Gasteiger partial charge in [0.15, 0.2) is 6.10 Å². The zero-order valence-corrected chi connectivity index (χ0v) is 45.8. The van der Waals surface area contributed by atoms with Crippen molar-refractivity contribution in [3.63, 3.8) is 0 Å². The Bertz CT molecular complexity index is 1250. The molecule has 6 heteroatoms. The van der Waals surface area contributed by atoms with Crippen LogP contribution in [0.4, 0.5) is 0 Å².